The molecule has 19 heavy (non-hydrogen) atoms. The number of carbonyl (C=O) groups is 2. The summed E-state index contributed by atoms with van der Waals surface area (Å²) in [7, 11) is 0. The van der Waals surface area contributed by atoms with Crippen molar-refractivity contribution in [2.75, 3.05) is 0 Å². The summed E-state index contributed by atoms with van der Waals surface area (Å²) < 4.78 is 5.25. The fourth-order valence-corrected chi connectivity index (χ4v) is 2.13. The second kappa shape index (κ2) is 5.10. The lowest BCUT2D eigenvalue weighted by Gasteiger charge is -2.03. The zero-order chi connectivity index (χ0) is 14.0. The van der Waals surface area contributed by atoms with Gasteiger partial charge in [0.2, 0.25) is 0 Å². The Morgan fingerprint density at radius 1 is 1.11 bits per heavy atom. The van der Waals surface area contributed by atoms with Crippen LogP contribution in [-0.4, -0.2) is 16.7 Å². The van der Waals surface area contributed by atoms with E-state index in [2.05, 4.69) is 4.98 Å². The van der Waals surface area contributed by atoms with Crippen LogP contribution >= 0.6 is 0 Å². The third kappa shape index (κ3) is 2.57. The van der Waals surface area contributed by atoms with E-state index in [-0.39, 0.29) is 5.78 Å². The summed E-state index contributed by atoms with van der Waals surface area (Å²) in [5.74, 6) is -0.0761. The molecule has 1 aromatic heterocycles. The lowest BCUT2D eigenvalue weighted by Crippen LogP contribution is -2.10. The van der Waals surface area contributed by atoms with Crippen LogP contribution in [0.4, 0.5) is 0 Å². The second-order valence-corrected chi connectivity index (χ2v) is 4.38. The first-order valence-corrected chi connectivity index (χ1v) is 5.98. The Balaban J connectivity index is 2.30. The predicted octanol–water partition coefficient (Wildman–Crippen LogP) is 3.05. The Morgan fingerprint density at radius 2 is 1.74 bits per heavy atom. The van der Waals surface area contributed by atoms with E-state index in [1.807, 2.05) is 6.07 Å². The molecule has 4 heteroatoms. The summed E-state index contributed by atoms with van der Waals surface area (Å²) in [6.45, 7) is 4.99. The van der Waals surface area contributed by atoms with Crippen molar-refractivity contribution in [3.05, 3.63) is 52.8 Å². The van der Waals surface area contributed by atoms with Gasteiger partial charge in [0, 0.05) is 11.3 Å². The summed E-state index contributed by atoms with van der Waals surface area (Å²) in [4.78, 5) is 26.5. The molecule has 0 amide bonds. The van der Waals surface area contributed by atoms with Crippen molar-refractivity contribution < 1.29 is 14.3 Å². The van der Waals surface area contributed by atoms with Gasteiger partial charge in [-0.25, -0.2) is 4.79 Å². The lowest BCUT2D eigenvalue weighted by molar-refractivity contribution is 0.0728. The highest BCUT2D eigenvalue weighted by molar-refractivity contribution is 6.01. The molecule has 0 fully saturated rings. The SMILES string of the molecule is CC(=O)c1c(C)[nH]c(C(=O)Oc2ccccc2)c1C. The largest absolute Gasteiger partial charge is 0.422 e. The Hall–Kier alpha value is -2.36. The van der Waals surface area contributed by atoms with E-state index in [4.69, 9.17) is 4.74 Å². The Bertz CT molecular complexity index is 626. The van der Waals surface area contributed by atoms with Gasteiger partial charge in [0.25, 0.3) is 0 Å². The number of rotatable bonds is 3. The molecule has 0 aliphatic carbocycles. The number of benzene rings is 1. The first-order chi connectivity index (χ1) is 9.00. The standard InChI is InChI=1S/C15H15NO3/c1-9-13(11(3)17)10(2)16-14(9)15(18)19-12-7-5-4-6-8-12/h4-8,16H,1-3H3. The number of Topliss-reactive ketones (excluding diaryl/α,β-unsaturated/α-hetero) is 1. The molecule has 0 bridgehead atoms. The molecular weight excluding hydrogens is 242 g/mol. The summed E-state index contributed by atoms with van der Waals surface area (Å²) in [5.41, 5.74) is 2.20. The van der Waals surface area contributed by atoms with Crippen LogP contribution in [0.1, 0.15) is 39.0 Å². The van der Waals surface area contributed by atoms with Crippen molar-refractivity contribution in [3.63, 3.8) is 0 Å². The minimum Gasteiger partial charge on any atom is -0.422 e. The molecule has 0 atom stereocenters. The highest BCUT2D eigenvalue weighted by Gasteiger charge is 2.21. The van der Waals surface area contributed by atoms with E-state index in [0.29, 0.717) is 28.3 Å². The predicted molar refractivity (Wildman–Crippen MR) is 71.7 cm³/mol. The van der Waals surface area contributed by atoms with E-state index in [1.165, 1.54) is 6.92 Å². The molecule has 0 saturated heterocycles. The topological polar surface area (TPSA) is 59.2 Å². The normalized spacial score (nSPS) is 10.3. The third-order valence-electron chi connectivity index (χ3n) is 2.95. The van der Waals surface area contributed by atoms with Crippen LogP contribution in [0, 0.1) is 13.8 Å². The van der Waals surface area contributed by atoms with Crippen molar-refractivity contribution in [3.8, 4) is 5.75 Å². The number of carbonyl (C=O) groups excluding carboxylic acids is 2. The minimum absolute atomic E-state index is 0.0648. The van der Waals surface area contributed by atoms with E-state index in [9.17, 15) is 9.59 Å². The molecule has 2 rings (SSSR count). The van der Waals surface area contributed by atoms with Crippen LogP contribution in [-0.2, 0) is 0 Å². The van der Waals surface area contributed by atoms with Gasteiger partial charge < -0.3 is 9.72 Å². The van der Waals surface area contributed by atoms with Crippen LogP contribution in [0.2, 0.25) is 0 Å². The van der Waals surface area contributed by atoms with Gasteiger partial charge in [-0.2, -0.15) is 0 Å². The molecule has 0 saturated carbocycles. The number of hydrogen-bond donors (Lipinski definition) is 1. The van der Waals surface area contributed by atoms with Crippen molar-refractivity contribution in [1.29, 1.82) is 0 Å². The highest BCUT2D eigenvalue weighted by atomic mass is 16.5. The number of H-pyrrole nitrogens is 1. The smallest absolute Gasteiger partial charge is 0.360 e. The fourth-order valence-electron chi connectivity index (χ4n) is 2.13. The maximum Gasteiger partial charge on any atom is 0.360 e. The van der Waals surface area contributed by atoms with Gasteiger partial charge in [0.1, 0.15) is 11.4 Å². The number of nitrogens with one attached hydrogen (secondary N) is 1. The Morgan fingerprint density at radius 3 is 2.26 bits per heavy atom. The molecule has 1 heterocycles. The van der Waals surface area contributed by atoms with Gasteiger partial charge in [-0.15, -0.1) is 0 Å². The van der Waals surface area contributed by atoms with Crippen molar-refractivity contribution in [2.24, 2.45) is 0 Å². The zero-order valence-electron chi connectivity index (χ0n) is 11.1. The third-order valence-corrected chi connectivity index (χ3v) is 2.95. The van der Waals surface area contributed by atoms with Gasteiger partial charge in [0.15, 0.2) is 5.78 Å². The number of aryl methyl sites for hydroxylation is 1. The molecule has 0 radical (unpaired) electrons. The molecule has 0 spiro atoms. The number of esters is 1. The first kappa shape index (κ1) is 13.1. The maximum atomic E-state index is 12.1. The van der Waals surface area contributed by atoms with Gasteiger partial charge in [-0.05, 0) is 38.5 Å². The average Bonchev–Trinajstić information content (AvgIpc) is 2.66. The summed E-state index contributed by atoms with van der Waals surface area (Å²) in [6, 6.07) is 8.83. The number of aromatic nitrogens is 1. The molecule has 98 valence electrons. The average molecular weight is 257 g/mol. The van der Waals surface area contributed by atoms with E-state index >= 15 is 0 Å². The molecule has 0 aliphatic rings. The van der Waals surface area contributed by atoms with Crippen molar-refractivity contribution in [1.82, 2.24) is 4.98 Å². The van der Waals surface area contributed by atoms with Gasteiger partial charge in [-0.3, -0.25) is 4.79 Å². The minimum atomic E-state index is -0.487. The number of aromatic amines is 1. The molecule has 0 unspecified atom stereocenters. The van der Waals surface area contributed by atoms with Gasteiger partial charge in [0.05, 0.1) is 0 Å². The molecule has 1 aromatic carbocycles. The summed E-state index contributed by atoms with van der Waals surface area (Å²) >= 11 is 0. The van der Waals surface area contributed by atoms with Crippen LogP contribution in [0.15, 0.2) is 30.3 Å². The molecule has 2 aromatic rings. The lowest BCUT2D eigenvalue weighted by atomic mass is 10.1. The zero-order valence-corrected chi connectivity index (χ0v) is 11.1. The monoisotopic (exact) mass is 257 g/mol. The first-order valence-electron chi connectivity index (χ1n) is 5.98. The Kier molecular flexibility index (Phi) is 3.51. The fraction of sp³-hybridized carbons (Fsp3) is 0.200. The number of ether oxygens (including phenoxy) is 1. The van der Waals surface area contributed by atoms with Crippen LogP contribution in [0.5, 0.6) is 5.75 Å². The maximum absolute atomic E-state index is 12.1. The van der Waals surface area contributed by atoms with Crippen molar-refractivity contribution >= 4 is 11.8 Å². The highest BCUT2D eigenvalue weighted by Crippen LogP contribution is 2.20. The van der Waals surface area contributed by atoms with Crippen LogP contribution in [0.3, 0.4) is 0 Å². The number of hydrogen-bond acceptors (Lipinski definition) is 3. The summed E-state index contributed by atoms with van der Waals surface area (Å²) in [6.07, 6.45) is 0. The van der Waals surface area contributed by atoms with Crippen LogP contribution < -0.4 is 4.74 Å². The molecule has 4 nitrogen and oxygen atoms in total. The molecule has 0 aliphatic heterocycles. The molecular formula is C15H15NO3. The Labute approximate surface area is 111 Å². The molecule has 1 N–H and O–H groups in total. The number of para-hydroxylation sites is 1. The second-order valence-electron chi connectivity index (χ2n) is 4.38. The van der Waals surface area contributed by atoms with Crippen molar-refractivity contribution in [2.45, 2.75) is 20.8 Å². The van der Waals surface area contributed by atoms with E-state index in [0.717, 1.165) is 0 Å². The van der Waals surface area contributed by atoms with Gasteiger partial charge in [-0.1, -0.05) is 18.2 Å². The van der Waals surface area contributed by atoms with Crippen LogP contribution in [0.25, 0.3) is 0 Å². The van der Waals surface area contributed by atoms with E-state index in [1.54, 1.807) is 38.1 Å². The quantitative estimate of drug-likeness (QED) is 0.522. The summed E-state index contributed by atoms with van der Waals surface area (Å²) in [5, 5.41) is 0. The number of ketones is 1. The van der Waals surface area contributed by atoms with Gasteiger partial charge >= 0.3 is 5.97 Å². The van der Waals surface area contributed by atoms with E-state index < -0.39 is 5.97 Å².